The minimum Gasteiger partial charge on any atom is -0.361 e. The van der Waals surface area contributed by atoms with Gasteiger partial charge in [0.05, 0.1) is 5.92 Å². The lowest BCUT2D eigenvalue weighted by molar-refractivity contribution is -0.315. The molecule has 3 N–H and O–H groups in total. The molecule has 44 heavy (non-hydrogen) atoms. The fourth-order valence-electron chi connectivity index (χ4n) is 8.12. The van der Waals surface area contributed by atoms with Crippen molar-refractivity contribution in [3.8, 4) is 0 Å². The monoisotopic (exact) mass is 617 g/mol. The number of fused-ring (bicyclic) bond motifs is 5. The van der Waals surface area contributed by atoms with Gasteiger partial charge < -0.3 is 20.3 Å². The summed E-state index contributed by atoms with van der Waals surface area (Å²) in [5.41, 5.74) is 3.58. The van der Waals surface area contributed by atoms with Crippen molar-refractivity contribution in [3.63, 3.8) is 0 Å². The highest BCUT2D eigenvalue weighted by atomic mass is 35.5. The Bertz CT molecular complexity index is 1710. The van der Waals surface area contributed by atoms with E-state index in [1.165, 1.54) is 22.8 Å². The molecule has 5 heterocycles. The number of hydrogen-bond donors (Lipinski definition) is 3. The number of amides is 3. The van der Waals surface area contributed by atoms with Gasteiger partial charge in [0, 0.05) is 42.7 Å². The zero-order valence-electron chi connectivity index (χ0n) is 24.7. The molecule has 11 heteroatoms. The summed E-state index contributed by atoms with van der Waals surface area (Å²) in [6.07, 6.45) is 6.38. The van der Waals surface area contributed by atoms with Crippen LogP contribution in [0.15, 0.2) is 60.8 Å². The van der Waals surface area contributed by atoms with Crippen molar-refractivity contribution in [2.45, 2.75) is 62.4 Å². The van der Waals surface area contributed by atoms with E-state index in [4.69, 9.17) is 4.74 Å². The van der Waals surface area contributed by atoms with Crippen LogP contribution in [-0.2, 0) is 32.0 Å². The lowest BCUT2D eigenvalue weighted by Crippen LogP contribution is -2.71. The normalized spacial score (nSPS) is 32.6. The molecule has 0 spiro atoms. The van der Waals surface area contributed by atoms with Gasteiger partial charge in [-0.3, -0.25) is 28.9 Å². The van der Waals surface area contributed by atoms with Crippen molar-refractivity contribution in [2.24, 2.45) is 5.92 Å². The third-order valence-electron chi connectivity index (χ3n) is 10.1. The molecular formula is C33H36ClN5O5. The predicted molar refractivity (Wildman–Crippen MR) is 165 cm³/mol. The Labute approximate surface area is 261 Å². The second-order valence-electron chi connectivity index (χ2n) is 12.8. The van der Waals surface area contributed by atoms with Crippen molar-refractivity contribution in [1.29, 1.82) is 0 Å². The second kappa shape index (κ2) is 10.2. The van der Waals surface area contributed by atoms with E-state index in [0.717, 1.165) is 28.6 Å². The molecule has 0 radical (unpaired) electrons. The number of piperazine rings is 1. The number of benzene rings is 2. The molecule has 4 aliphatic heterocycles. The fraction of sp³-hybridized carbons (Fsp3) is 0.424. The van der Waals surface area contributed by atoms with Crippen LogP contribution in [0, 0.1) is 5.92 Å². The first-order valence-corrected chi connectivity index (χ1v) is 15.1. The summed E-state index contributed by atoms with van der Waals surface area (Å²) in [4.78, 5) is 50.2. The van der Waals surface area contributed by atoms with E-state index < -0.39 is 35.5 Å². The van der Waals surface area contributed by atoms with Crippen LogP contribution in [0.5, 0.6) is 0 Å². The molecule has 0 saturated carbocycles. The Hall–Kier alpha value is -3.70. The van der Waals surface area contributed by atoms with E-state index in [2.05, 4.69) is 33.5 Å². The molecule has 10 nitrogen and oxygen atoms in total. The summed E-state index contributed by atoms with van der Waals surface area (Å²) in [6.45, 7) is 2.45. The number of carbonyl (C=O) groups excluding carboxylic acids is 3. The molecule has 3 fully saturated rings. The first-order chi connectivity index (χ1) is 20.7. The summed E-state index contributed by atoms with van der Waals surface area (Å²) in [6, 6.07) is 14.1. The first-order valence-electron chi connectivity index (χ1n) is 15.1. The van der Waals surface area contributed by atoms with Crippen molar-refractivity contribution in [1.82, 2.24) is 25.0 Å². The van der Waals surface area contributed by atoms with Gasteiger partial charge in [0.15, 0.2) is 0 Å². The minimum atomic E-state index is -2.04. The zero-order chi connectivity index (χ0) is 29.7. The highest BCUT2D eigenvalue weighted by molar-refractivity contribution is 6.01. The number of aromatic amines is 1. The number of carbonyl (C=O) groups is 3. The van der Waals surface area contributed by atoms with E-state index in [1.807, 2.05) is 49.5 Å². The van der Waals surface area contributed by atoms with Crippen LogP contribution < -0.4 is 5.32 Å². The van der Waals surface area contributed by atoms with Crippen LogP contribution in [0.4, 0.5) is 0 Å². The molecule has 3 aromatic rings. The molecule has 230 valence electrons. The van der Waals surface area contributed by atoms with Crippen molar-refractivity contribution in [2.75, 3.05) is 20.1 Å². The SMILES string of the molecule is CN1C[C@@H](C(=O)N[C@]2(C)O[C@@]3(O)[C@@H]4CCCN4C(=O)[C@H](Cc4ccccc4)N3C2=O)C=C2c3cccc4[nH]cc(c34)C[C@H]21.Cl. The third-order valence-corrected chi connectivity index (χ3v) is 10.1. The van der Waals surface area contributed by atoms with Gasteiger partial charge in [-0.1, -0.05) is 48.5 Å². The maximum absolute atomic E-state index is 14.2. The number of ether oxygens (including phenoxy) is 1. The molecule has 2 aromatic carbocycles. The summed E-state index contributed by atoms with van der Waals surface area (Å²) in [5.74, 6) is -3.77. The average Bonchev–Trinajstić information content (AvgIpc) is 3.70. The number of halogens is 1. The molecular weight excluding hydrogens is 582 g/mol. The second-order valence-corrected chi connectivity index (χ2v) is 12.8. The first kappa shape index (κ1) is 29.0. The number of likely N-dealkylation sites (N-methyl/N-ethyl adjacent to an activating group) is 1. The largest absolute Gasteiger partial charge is 0.361 e. The van der Waals surface area contributed by atoms with Gasteiger partial charge in [0.2, 0.25) is 17.5 Å². The Balaban J connectivity index is 0.00000312. The summed E-state index contributed by atoms with van der Waals surface area (Å²) in [7, 11) is 2.02. The van der Waals surface area contributed by atoms with E-state index in [0.29, 0.717) is 25.9 Å². The summed E-state index contributed by atoms with van der Waals surface area (Å²) >= 11 is 0. The lowest BCUT2D eigenvalue weighted by atomic mass is 9.79. The van der Waals surface area contributed by atoms with Gasteiger partial charge in [-0.15, -0.1) is 12.4 Å². The van der Waals surface area contributed by atoms with Gasteiger partial charge in [-0.2, -0.15) is 0 Å². The zero-order valence-corrected chi connectivity index (χ0v) is 25.5. The number of rotatable bonds is 4. The Morgan fingerprint density at radius 2 is 1.95 bits per heavy atom. The predicted octanol–water partition coefficient (Wildman–Crippen LogP) is 2.41. The number of nitrogens with zero attached hydrogens (tertiary/aromatic N) is 3. The maximum atomic E-state index is 14.2. The Morgan fingerprint density at radius 3 is 2.75 bits per heavy atom. The molecule has 0 bridgehead atoms. The van der Waals surface area contributed by atoms with Gasteiger partial charge in [-0.05, 0) is 61.6 Å². The van der Waals surface area contributed by atoms with Crippen LogP contribution in [0.1, 0.15) is 36.5 Å². The molecule has 0 unspecified atom stereocenters. The van der Waals surface area contributed by atoms with Gasteiger partial charge >= 0.3 is 0 Å². The Morgan fingerprint density at radius 1 is 1.16 bits per heavy atom. The van der Waals surface area contributed by atoms with Gasteiger partial charge in [0.1, 0.15) is 12.1 Å². The lowest BCUT2D eigenvalue weighted by Gasteiger charge is -2.48. The van der Waals surface area contributed by atoms with Gasteiger partial charge in [0.25, 0.3) is 11.8 Å². The van der Waals surface area contributed by atoms with Gasteiger partial charge in [-0.25, -0.2) is 0 Å². The summed E-state index contributed by atoms with van der Waals surface area (Å²) in [5, 5.41) is 16.1. The van der Waals surface area contributed by atoms with E-state index in [-0.39, 0.29) is 36.7 Å². The topological polar surface area (TPSA) is 118 Å². The van der Waals surface area contributed by atoms with Crippen molar-refractivity contribution >= 4 is 46.6 Å². The van der Waals surface area contributed by atoms with E-state index in [1.54, 1.807) is 4.90 Å². The third kappa shape index (κ3) is 4.08. The van der Waals surface area contributed by atoms with Crippen LogP contribution in [0.3, 0.4) is 0 Å². The van der Waals surface area contributed by atoms with Crippen LogP contribution in [0.25, 0.3) is 16.5 Å². The number of H-pyrrole nitrogens is 1. The molecule has 1 aliphatic carbocycles. The van der Waals surface area contributed by atoms with Crippen LogP contribution in [0.2, 0.25) is 0 Å². The average molecular weight is 618 g/mol. The number of aliphatic hydroxyl groups is 1. The summed E-state index contributed by atoms with van der Waals surface area (Å²) < 4.78 is 6.23. The highest BCUT2D eigenvalue weighted by Gasteiger charge is 2.70. The number of hydrogen-bond acceptors (Lipinski definition) is 6. The number of nitrogens with one attached hydrogen (secondary N) is 2. The van der Waals surface area contributed by atoms with E-state index >= 15 is 0 Å². The van der Waals surface area contributed by atoms with Crippen LogP contribution in [-0.4, -0.2) is 92.4 Å². The molecule has 1 aromatic heterocycles. The maximum Gasteiger partial charge on any atom is 0.280 e. The smallest absolute Gasteiger partial charge is 0.280 e. The minimum absolute atomic E-state index is 0. The number of aromatic nitrogens is 1. The molecule has 8 rings (SSSR count). The highest BCUT2D eigenvalue weighted by Crippen LogP contribution is 2.46. The fourth-order valence-corrected chi connectivity index (χ4v) is 8.12. The molecule has 3 saturated heterocycles. The molecule has 3 amide bonds. The van der Waals surface area contributed by atoms with Crippen molar-refractivity contribution < 1.29 is 24.2 Å². The quantitative estimate of drug-likeness (QED) is 0.414. The standard InChI is InChI=1S/C33H35N5O5.ClH/c1-32(35-29(39)21-15-23-22-10-6-11-24-28(22)20(17-34-24)16-25(23)36(2)18-21)31(41)38-26(14-19-8-4-3-5-9-19)30(40)37-13-7-12-27(37)33(38,42)43-32;/h3-6,8-11,15,17,21,25-27,34,42H,7,12-14,16,18H2,1-2H3,(H,35,39);1H/t21-,25+,26-,27-,32+,33-;/m0./s1. The molecule has 6 atom stereocenters. The van der Waals surface area contributed by atoms with Crippen molar-refractivity contribution in [3.05, 3.63) is 77.5 Å². The van der Waals surface area contributed by atoms with Crippen LogP contribution >= 0.6 is 12.4 Å². The van der Waals surface area contributed by atoms with E-state index in [9.17, 15) is 19.5 Å². The molecule has 5 aliphatic rings. The Kier molecular flexibility index (Phi) is 6.71.